The van der Waals surface area contributed by atoms with Gasteiger partial charge in [0.1, 0.15) is 0 Å². The SMILES string of the molecule is CC1CC(C)CN(S(=O)(=O)c2c(Br)nnn2C)C1. The van der Waals surface area contributed by atoms with Gasteiger partial charge in [-0.3, -0.25) is 0 Å². The molecule has 1 fully saturated rings. The molecule has 0 spiro atoms. The molecule has 0 amide bonds. The largest absolute Gasteiger partial charge is 0.263 e. The summed E-state index contributed by atoms with van der Waals surface area (Å²) in [7, 11) is -1.94. The summed E-state index contributed by atoms with van der Waals surface area (Å²) in [6.45, 7) is 5.28. The zero-order valence-electron chi connectivity index (χ0n) is 10.7. The number of halogens is 1. The Bertz CT molecular complexity index is 513. The minimum absolute atomic E-state index is 0.129. The van der Waals surface area contributed by atoms with Gasteiger partial charge in [0.25, 0.3) is 10.0 Å². The predicted molar refractivity (Wildman–Crippen MR) is 70.4 cm³/mol. The molecule has 2 atom stereocenters. The number of hydrogen-bond donors (Lipinski definition) is 0. The molecule has 2 rings (SSSR count). The first-order valence-corrected chi connectivity index (χ1v) is 8.11. The highest BCUT2D eigenvalue weighted by Gasteiger charge is 2.35. The molecule has 1 aromatic heterocycles. The van der Waals surface area contributed by atoms with E-state index in [1.807, 2.05) is 0 Å². The van der Waals surface area contributed by atoms with Gasteiger partial charge in [0.15, 0.2) is 4.60 Å². The van der Waals surface area contributed by atoms with E-state index in [0.717, 1.165) is 6.42 Å². The maximum absolute atomic E-state index is 12.6. The van der Waals surface area contributed by atoms with E-state index in [9.17, 15) is 8.42 Å². The summed E-state index contributed by atoms with van der Waals surface area (Å²) in [6, 6.07) is 0. The average molecular weight is 337 g/mol. The minimum atomic E-state index is -3.52. The number of aryl methyl sites for hydroxylation is 1. The summed E-state index contributed by atoms with van der Waals surface area (Å²) < 4.78 is 28.3. The van der Waals surface area contributed by atoms with Gasteiger partial charge >= 0.3 is 0 Å². The highest BCUT2D eigenvalue weighted by molar-refractivity contribution is 9.10. The fourth-order valence-corrected chi connectivity index (χ4v) is 5.23. The van der Waals surface area contributed by atoms with Crippen molar-refractivity contribution < 1.29 is 8.42 Å². The lowest BCUT2D eigenvalue weighted by Gasteiger charge is -2.33. The van der Waals surface area contributed by atoms with E-state index in [1.165, 1.54) is 8.99 Å². The normalized spacial score (nSPS) is 26.4. The maximum Gasteiger partial charge on any atom is 0.263 e. The van der Waals surface area contributed by atoms with Gasteiger partial charge in [-0.1, -0.05) is 19.1 Å². The van der Waals surface area contributed by atoms with Gasteiger partial charge in [0.05, 0.1) is 0 Å². The molecular weight excluding hydrogens is 320 g/mol. The van der Waals surface area contributed by atoms with E-state index in [4.69, 9.17) is 0 Å². The quantitative estimate of drug-likeness (QED) is 0.814. The molecule has 1 aliphatic rings. The van der Waals surface area contributed by atoms with Crippen LogP contribution in [0.25, 0.3) is 0 Å². The molecular formula is C10H17BrN4O2S. The van der Waals surface area contributed by atoms with Crippen molar-refractivity contribution in [3.05, 3.63) is 4.60 Å². The van der Waals surface area contributed by atoms with Gasteiger partial charge in [0, 0.05) is 20.1 Å². The van der Waals surface area contributed by atoms with Gasteiger partial charge in [0.2, 0.25) is 5.03 Å². The number of nitrogens with zero attached hydrogens (tertiary/aromatic N) is 4. The second-order valence-electron chi connectivity index (χ2n) is 5.08. The second-order valence-corrected chi connectivity index (χ2v) is 7.68. The summed E-state index contributed by atoms with van der Waals surface area (Å²) in [5.41, 5.74) is 0. The van der Waals surface area contributed by atoms with E-state index in [0.29, 0.717) is 24.9 Å². The van der Waals surface area contributed by atoms with Crippen molar-refractivity contribution in [2.24, 2.45) is 18.9 Å². The monoisotopic (exact) mass is 336 g/mol. The van der Waals surface area contributed by atoms with Crippen LogP contribution in [-0.4, -0.2) is 40.8 Å². The first-order chi connectivity index (χ1) is 8.32. The van der Waals surface area contributed by atoms with Gasteiger partial charge in [-0.15, -0.1) is 5.10 Å². The van der Waals surface area contributed by atoms with Crippen molar-refractivity contribution in [1.29, 1.82) is 0 Å². The van der Waals surface area contributed by atoms with Crippen molar-refractivity contribution >= 4 is 26.0 Å². The second kappa shape index (κ2) is 4.90. The zero-order chi connectivity index (χ0) is 13.5. The molecule has 0 aliphatic carbocycles. The molecule has 0 saturated carbocycles. The summed E-state index contributed by atoms with van der Waals surface area (Å²) in [4.78, 5) is 0. The zero-order valence-corrected chi connectivity index (χ0v) is 13.1. The number of aromatic nitrogens is 3. The Kier molecular flexibility index (Phi) is 3.80. The van der Waals surface area contributed by atoms with Crippen molar-refractivity contribution in [2.45, 2.75) is 25.3 Å². The Labute approximate surface area is 116 Å². The number of sulfonamides is 1. The Morgan fingerprint density at radius 3 is 2.28 bits per heavy atom. The van der Waals surface area contributed by atoms with Crippen LogP contribution in [0.15, 0.2) is 9.63 Å². The number of hydrogen-bond acceptors (Lipinski definition) is 4. The van der Waals surface area contributed by atoms with Crippen LogP contribution < -0.4 is 0 Å². The van der Waals surface area contributed by atoms with Crippen molar-refractivity contribution in [1.82, 2.24) is 19.3 Å². The summed E-state index contributed by atoms with van der Waals surface area (Å²) in [5.74, 6) is 0.756. The van der Waals surface area contributed by atoms with Crippen molar-refractivity contribution in [3.63, 3.8) is 0 Å². The molecule has 0 aromatic carbocycles. The third-order valence-corrected chi connectivity index (χ3v) is 5.88. The van der Waals surface area contributed by atoms with Crippen LogP contribution in [0.4, 0.5) is 0 Å². The van der Waals surface area contributed by atoms with E-state index in [2.05, 4.69) is 40.1 Å². The van der Waals surface area contributed by atoms with E-state index in [-0.39, 0.29) is 9.63 Å². The van der Waals surface area contributed by atoms with E-state index in [1.54, 1.807) is 7.05 Å². The molecule has 0 radical (unpaired) electrons. The molecule has 1 aliphatic heterocycles. The average Bonchev–Trinajstić information content (AvgIpc) is 2.57. The molecule has 1 aromatic rings. The van der Waals surface area contributed by atoms with Crippen molar-refractivity contribution in [2.75, 3.05) is 13.1 Å². The smallest absolute Gasteiger partial charge is 0.235 e. The molecule has 6 nitrogen and oxygen atoms in total. The fraction of sp³-hybridized carbons (Fsp3) is 0.800. The van der Waals surface area contributed by atoms with Crippen LogP contribution in [0.5, 0.6) is 0 Å². The van der Waals surface area contributed by atoms with Gasteiger partial charge in [-0.2, -0.15) is 4.31 Å². The fourth-order valence-electron chi connectivity index (χ4n) is 2.52. The predicted octanol–water partition coefficient (Wildman–Crippen LogP) is 1.24. The number of piperidine rings is 1. The Balaban J connectivity index is 2.37. The molecule has 0 bridgehead atoms. The highest BCUT2D eigenvalue weighted by Crippen LogP contribution is 2.28. The third kappa shape index (κ3) is 2.46. The Morgan fingerprint density at radius 1 is 1.28 bits per heavy atom. The standard InChI is InChI=1S/C10H17BrN4O2S/c1-7-4-8(2)6-15(5-7)18(16,17)10-9(11)12-13-14(10)3/h7-8H,4-6H2,1-3H3. The lowest BCUT2D eigenvalue weighted by atomic mass is 9.94. The van der Waals surface area contributed by atoms with E-state index >= 15 is 0 Å². The van der Waals surface area contributed by atoms with Gasteiger partial charge in [-0.25, -0.2) is 13.1 Å². The molecule has 2 heterocycles. The topological polar surface area (TPSA) is 68.1 Å². The van der Waals surface area contributed by atoms with E-state index < -0.39 is 10.0 Å². The third-order valence-electron chi connectivity index (χ3n) is 3.16. The van der Waals surface area contributed by atoms with Crippen LogP contribution in [0.3, 0.4) is 0 Å². The number of rotatable bonds is 2. The van der Waals surface area contributed by atoms with Crippen LogP contribution in [0.2, 0.25) is 0 Å². The van der Waals surface area contributed by atoms with Crippen LogP contribution in [0, 0.1) is 11.8 Å². The lowest BCUT2D eigenvalue weighted by molar-refractivity contribution is 0.221. The maximum atomic E-state index is 12.6. The van der Waals surface area contributed by atoms with Gasteiger partial charge in [-0.05, 0) is 34.2 Å². The summed E-state index contributed by atoms with van der Waals surface area (Å²) in [6.07, 6.45) is 1.07. The molecule has 18 heavy (non-hydrogen) atoms. The van der Waals surface area contributed by atoms with Crippen molar-refractivity contribution in [3.8, 4) is 0 Å². The summed E-state index contributed by atoms with van der Waals surface area (Å²) in [5, 5.41) is 7.60. The molecule has 1 saturated heterocycles. The highest BCUT2D eigenvalue weighted by atomic mass is 79.9. The van der Waals surface area contributed by atoms with Crippen LogP contribution in [0.1, 0.15) is 20.3 Å². The molecule has 2 unspecified atom stereocenters. The first-order valence-electron chi connectivity index (χ1n) is 5.87. The first kappa shape index (κ1) is 14.0. The Hall–Kier alpha value is -0.470. The Morgan fingerprint density at radius 2 is 1.83 bits per heavy atom. The van der Waals surface area contributed by atoms with Crippen LogP contribution >= 0.6 is 15.9 Å². The summed E-state index contributed by atoms with van der Waals surface area (Å²) >= 11 is 3.15. The van der Waals surface area contributed by atoms with Gasteiger partial charge < -0.3 is 0 Å². The minimum Gasteiger partial charge on any atom is -0.235 e. The molecule has 102 valence electrons. The molecule has 8 heteroatoms. The lowest BCUT2D eigenvalue weighted by Crippen LogP contribution is -2.43. The molecule has 0 N–H and O–H groups in total. The van der Waals surface area contributed by atoms with Crippen LogP contribution in [-0.2, 0) is 17.1 Å².